The van der Waals surface area contributed by atoms with Gasteiger partial charge in [0.15, 0.2) is 14.4 Å². The van der Waals surface area contributed by atoms with Gasteiger partial charge in [-0.3, -0.25) is 0 Å². The van der Waals surface area contributed by atoms with Crippen LogP contribution in [-0.4, -0.2) is 33.6 Å². The monoisotopic (exact) mass is 502 g/mol. The second-order valence-electron chi connectivity index (χ2n) is 13.0. The largest absolute Gasteiger partial charge is 0.467 e. The van der Waals surface area contributed by atoms with Crippen LogP contribution in [0.3, 0.4) is 0 Å². The normalized spacial score (nSPS) is 28.9. The summed E-state index contributed by atoms with van der Waals surface area (Å²) in [7, 11) is -0.330. The summed E-state index contributed by atoms with van der Waals surface area (Å²) < 4.78 is 18.1. The zero-order chi connectivity index (χ0) is 25.9. The summed E-state index contributed by atoms with van der Waals surface area (Å²) in [6, 6.07) is 10.0. The molecule has 2 aliphatic carbocycles. The Morgan fingerprint density at radius 1 is 1.11 bits per heavy atom. The van der Waals surface area contributed by atoms with Crippen LogP contribution in [0.25, 0.3) is 0 Å². The summed E-state index contributed by atoms with van der Waals surface area (Å²) in [5, 5.41) is 0.245. The minimum absolute atomic E-state index is 0.245. The van der Waals surface area contributed by atoms with Crippen molar-refractivity contribution in [3.8, 4) is 0 Å². The molecule has 2 saturated carbocycles. The molecule has 0 radical (unpaired) electrons. The third-order valence-corrected chi connectivity index (χ3v) is 14.2. The van der Waals surface area contributed by atoms with Gasteiger partial charge in [0.1, 0.15) is 0 Å². The molecule has 4 nitrogen and oxygen atoms in total. The maximum absolute atomic E-state index is 12.5. The summed E-state index contributed by atoms with van der Waals surface area (Å²) in [5.74, 6) is 1.61. The molecule has 0 heterocycles. The summed E-state index contributed by atoms with van der Waals surface area (Å²) in [6.45, 7) is 17.2. The predicted molar refractivity (Wildman–Crippen MR) is 146 cm³/mol. The van der Waals surface area contributed by atoms with Crippen molar-refractivity contribution in [3.05, 3.63) is 35.9 Å². The summed E-state index contributed by atoms with van der Waals surface area (Å²) in [6.07, 6.45) is 7.92. The van der Waals surface area contributed by atoms with Crippen molar-refractivity contribution >= 4 is 14.3 Å². The average molecular weight is 503 g/mol. The molecule has 0 unspecified atom stereocenters. The van der Waals surface area contributed by atoms with Gasteiger partial charge in [-0.2, -0.15) is 0 Å². The van der Waals surface area contributed by atoms with Gasteiger partial charge in [0, 0.05) is 6.10 Å². The van der Waals surface area contributed by atoms with Gasteiger partial charge in [-0.1, -0.05) is 71.4 Å². The third-order valence-electron chi connectivity index (χ3n) is 9.72. The Kier molecular flexibility index (Phi) is 9.31. The fourth-order valence-corrected chi connectivity index (χ4v) is 7.97. The minimum atomic E-state index is -1.79. The molecule has 2 aliphatic rings. The van der Waals surface area contributed by atoms with Crippen LogP contribution in [0.2, 0.25) is 18.1 Å². The molecule has 1 aromatic carbocycles. The van der Waals surface area contributed by atoms with Crippen LogP contribution >= 0.6 is 0 Å². The highest BCUT2D eigenvalue weighted by Gasteiger charge is 2.54. The highest BCUT2D eigenvalue weighted by Crippen LogP contribution is 2.59. The first-order valence-corrected chi connectivity index (χ1v) is 16.7. The molecule has 198 valence electrons. The number of carbonyl (C=O) groups excluding carboxylic acids is 1. The van der Waals surface area contributed by atoms with E-state index in [1.165, 1.54) is 39.2 Å². The van der Waals surface area contributed by atoms with Crippen molar-refractivity contribution in [2.24, 2.45) is 23.2 Å². The van der Waals surface area contributed by atoms with E-state index in [0.717, 1.165) is 12.0 Å². The lowest BCUT2D eigenvalue weighted by atomic mass is 9.61. The van der Waals surface area contributed by atoms with Crippen LogP contribution in [0.1, 0.15) is 85.1 Å². The van der Waals surface area contributed by atoms with Crippen molar-refractivity contribution in [1.82, 2.24) is 0 Å². The van der Waals surface area contributed by atoms with Crippen molar-refractivity contribution in [3.63, 3.8) is 0 Å². The van der Waals surface area contributed by atoms with Gasteiger partial charge in [0.2, 0.25) is 0 Å². The van der Waals surface area contributed by atoms with Gasteiger partial charge in [-0.25, -0.2) is 4.79 Å². The Morgan fingerprint density at radius 3 is 2.43 bits per heavy atom. The summed E-state index contributed by atoms with van der Waals surface area (Å²) in [4.78, 5) is 12.5. The van der Waals surface area contributed by atoms with E-state index in [2.05, 4.69) is 47.7 Å². The standard InChI is InChI=1S/C30H50O4Si/c1-22(16-19-27(28(31)32-6)33-21-23-13-10-9-11-14-23)24-17-18-25-26(15-12-20-30(24,25)5)34-35(7,8)29(2,3)4/h9-11,13-14,22,24-27H,12,15-21H2,1-8H3/t22-,24-,25+,26+,27+,30-/m1/s1. The lowest BCUT2D eigenvalue weighted by Crippen LogP contribution is -2.50. The van der Waals surface area contributed by atoms with Gasteiger partial charge in [-0.15, -0.1) is 0 Å². The number of methoxy groups -OCH3 is 1. The van der Waals surface area contributed by atoms with E-state index in [0.29, 0.717) is 42.3 Å². The van der Waals surface area contributed by atoms with E-state index in [1.807, 2.05) is 30.3 Å². The highest BCUT2D eigenvalue weighted by molar-refractivity contribution is 6.74. The van der Waals surface area contributed by atoms with Crippen molar-refractivity contribution in [2.75, 3.05) is 7.11 Å². The molecule has 0 spiro atoms. The zero-order valence-corrected chi connectivity index (χ0v) is 24.6. The summed E-state index contributed by atoms with van der Waals surface area (Å²) in [5.41, 5.74) is 1.41. The molecule has 2 fully saturated rings. The van der Waals surface area contributed by atoms with Gasteiger partial charge < -0.3 is 13.9 Å². The molecule has 1 aromatic rings. The molecule has 6 atom stereocenters. The van der Waals surface area contributed by atoms with Gasteiger partial charge in [0.25, 0.3) is 0 Å². The summed E-state index contributed by atoms with van der Waals surface area (Å²) >= 11 is 0. The van der Waals surface area contributed by atoms with Crippen molar-refractivity contribution < 1.29 is 18.7 Å². The molecule has 0 amide bonds. The fourth-order valence-electron chi connectivity index (χ4n) is 6.58. The van der Waals surface area contributed by atoms with Crippen LogP contribution in [0, 0.1) is 23.2 Å². The molecule has 0 saturated heterocycles. The second-order valence-corrected chi connectivity index (χ2v) is 17.7. The fraction of sp³-hybridized carbons (Fsp3) is 0.767. The second kappa shape index (κ2) is 11.5. The lowest BCUT2D eigenvalue weighted by molar-refractivity contribution is -0.155. The van der Waals surface area contributed by atoms with Crippen LogP contribution in [0.5, 0.6) is 0 Å². The number of hydrogen-bond acceptors (Lipinski definition) is 4. The Morgan fingerprint density at radius 2 is 1.80 bits per heavy atom. The molecule has 3 rings (SSSR count). The lowest BCUT2D eigenvalue weighted by Gasteiger charge is -2.50. The molecular formula is C30H50O4Si. The van der Waals surface area contributed by atoms with Crippen molar-refractivity contribution in [1.29, 1.82) is 0 Å². The highest BCUT2D eigenvalue weighted by atomic mass is 28.4. The first-order valence-electron chi connectivity index (χ1n) is 13.8. The number of fused-ring (bicyclic) bond motifs is 1. The molecule has 0 N–H and O–H groups in total. The van der Waals surface area contributed by atoms with Crippen LogP contribution in [-0.2, 0) is 25.3 Å². The van der Waals surface area contributed by atoms with E-state index in [-0.39, 0.29) is 11.0 Å². The zero-order valence-electron chi connectivity index (χ0n) is 23.6. The number of ether oxygens (including phenoxy) is 2. The number of carbonyl (C=O) groups is 1. The van der Waals surface area contributed by atoms with Crippen LogP contribution < -0.4 is 0 Å². The van der Waals surface area contributed by atoms with Gasteiger partial charge in [0.05, 0.1) is 13.7 Å². The Hall–Kier alpha value is -1.17. The smallest absolute Gasteiger partial charge is 0.334 e. The van der Waals surface area contributed by atoms with E-state index in [9.17, 15) is 4.79 Å². The van der Waals surface area contributed by atoms with Crippen LogP contribution in [0.15, 0.2) is 30.3 Å². The van der Waals surface area contributed by atoms with Crippen LogP contribution in [0.4, 0.5) is 0 Å². The molecular weight excluding hydrogens is 452 g/mol. The number of esters is 1. The van der Waals surface area contributed by atoms with E-state index in [1.54, 1.807) is 0 Å². The first kappa shape index (κ1) is 28.4. The molecule has 0 aliphatic heterocycles. The maximum atomic E-state index is 12.5. The first-order chi connectivity index (χ1) is 16.4. The number of hydrogen-bond donors (Lipinski definition) is 0. The Bertz CT molecular complexity index is 817. The average Bonchev–Trinajstić information content (AvgIpc) is 3.16. The quantitative estimate of drug-likeness (QED) is 0.242. The third kappa shape index (κ3) is 6.59. The Labute approximate surface area is 215 Å². The SMILES string of the molecule is COC(=O)[C@H](CC[C@@H](C)[C@H]1CC[C@H]2[C@@H](O[Si](C)(C)C(C)(C)C)CCC[C@]12C)OCc1ccccc1. The predicted octanol–water partition coefficient (Wildman–Crippen LogP) is 7.77. The minimum Gasteiger partial charge on any atom is -0.467 e. The number of benzene rings is 1. The van der Waals surface area contributed by atoms with Crippen molar-refractivity contribution in [2.45, 2.75) is 117 Å². The molecule has 35 heavy (non-hydrogen) atoms. The van der Waals surface area contributed by atoms with Gasteiger partial charge >= 0.3 is 5.97 Å². The van der Waals surface area contributed by atoms with Gasteiger partial charge in [-0.05, 0) is 85.4 Å². The van der Waals surface area contributed by atoms with E-state index in [4.69, 9.17) is 13.9 Å². The van der Waals surface area contributed by atoms with E-state index >= 15 is 0 Å². The molecule has 0 aromatic heterocycles. The topological polar surface area (TPSA) is 44.8 Å². The Balaban J connectivity index is 1.62. The number of rotatable bonds is 10. The maximum Gasteiger partial charge on any atom is 0.334 e. The molecule has 5 heteroatoms. The van der Waals surface area contributed by atoms with E-state index < -0.39 is 14.4 Å². The molecule has 0 bridgehead atoms.